The van der Waals surface area contributed by atoms with Gasteiger partial charge in [0.1, 0.15) is 0 Å². The molecule has 0 heterocycles. The highest BCUT2D eigenvalue weighted by Gasteiger charge is 2.10. The minimum Gasteiger partial charge on any atom is -0.348 e. The van der Waals surface area contributed by atoms with Gasteiger partial charge in [0, 0.05) is 12.1 Å². The first-order valence-electron chi connectivity index (χ1n) is 6.66. The third kappa shape index (κ3) is 4.16. The maximum atomic E-state index is 12.0. The van der Waals surface area contributed by atoms with Crippen LogP contribution in [-0.4, -0.2) is 14.3 Å². The van der Waals surface area contributed by atoms with Gasteiger partial charge in [-0.05, 0) is 60.9 Å². The van der Waals surface area contributed by atoms with Crippen LogP contribution in [-0.2, 0) is 16.6 Å². The van der Waals surface area contributed by atoms with E-state index < -0.39 is 10.0 Å². The fourth-order valence-corrected chi connectivity index (χ4v) is 2.68. The number of sulfonamides is 1. The van der Waals surface area contributed by atoms with Gasteiger partial charge in [-0.2, -0.15) is 0 Å². The van der Waals surface area contributed by atoms with Crippen LogP contribution in [0.3, 0.4) is 0 Å². The van der Waals surface area contributed by atoms with Crippen LogP contribution < -0.4 is 10.5 Å². The second-order valence-corrected chi connectivity index (χ2v) is 6.67. The number of carbonyl (C=O) groups is 1. The number of nitrogens with one attached hydrogen (secondary N) is 1. The summed E-state index contributed by atoms with van der Waals surface area (Å²) in [6.45, 7) is 4.29. The molecular weight excluding hydrogens is 300 g/mol. The van der Waals surface area contributed by atoms with Gasteiger partial charge in [-0.1, -0.05) is 12.1 Å². The van der Waals surface area contributed by atoms with Gasteiger partial charge in [-0.15, -0.1) is 0 Å². The molecule has 2 rings (SSSR count). The number of amides is 1. The Kier molecular flexibility index (Phi) is 4.63. The molecule has 0 saturated carbocycles. The second kappa shape index (κ2) is 6.29. The molecule has 5 nitrogen and oxygen atoms in total. The average molecular weight is 317 g/mol. The zero-order valence-electron chi connectivity index (χ0n) is 12.4. The third-order valence-corrected chi connectivity index (χ3v) is 4.03. The zero-order valence-corrected chi connectivity index (χ0v) is 13.2. The maximum absolute atomic E-state index is 12.0. The Balaban J connectivity index is 2.06. The Morgan fingerprint density at radius 1 is 1.14 bits per heavy atom. The summed E-state index contributed by atoms with van der Waals surface area (Å²) in [6, 6.07) is 12.6. The first kappa shape index (κ1) is 16.2. The molecule has 3 N–H and O–H groups in total. The smallest absolute Gasteiger partial charge is 0.251 e. The van der Waals surface area contributed by atoms with E-state index in [1.54, 1.807) is 0 Å². The topological polar surface area (TPSA) is 89.3 Å². The van der Waals surface area contributed by atoms with Crippen molar-refractivity contribution >= 4 is 15.9 Å². The zero-order chi connectivity index (χ0) is 16.3. The summed E-state index contributed by atoms with van der Waals surface area (Å²) >= 11 is 0. The summed E-state index contributed by atoms with van der Waals surface area (Å²) in [5.41, 5.74) is 3.40. The van der Waals surface area contributed by atoms with Gasteiger partial charge in [-0.25, -0.2) is 13.6 Å². The number of carbonyl (C=O) groups excluding carboxylic acids is 1. The van der Waals surface area contributed by atoms with Gasteiger partial charge in [0.2, 0.25) is 10.0 Å². The Morgan fingerprint density at radius 2 is 1.68 bits per heavy atom. The van der Waals surface area contributed by atoms with Crippen LogP contribution in [0, 0.1) is 19.9 Å². The second-order valence-electron chi connectivity index (χ2n) is 5.11. The third-order valence-electron chi connectivity index (χ3n) is 3.10. The lowest BCUT2D eigenvalue weighted by Crippen LogP contribution is -2.23. The van der Waals surface area contributed by atoms with Crippen molar-refractivity contribution in [3.05, 3.63) is 64.7 Å². The Hall–Kier alpha value is -2.18. The molecule has 0 aliphatic heterocycles. The predicted octanol–water partition coefficient (Wildman–Crippen LogP) is 1.68. The normalized spacial score (nSPS) is 11.2. The Labute approximate surface area is 130 Å². The fourth-order valence-electron chi connectivity index (χ4n) is 2.16. The summed E-state index contributed by atoms with van der Waals surface area (Å²) in [5, 5.41) is 7.81. The van der Waals surface area contributed by atoms with E-state index in [0.29, 0.717) is 12.1 Å². The van der Waals surface area contributed by atoms with Crippen molar-refractivity contribution in [3.8, 4) is 0 Å². The van der Waals surface area contributed by atoms with Crippen LogP contribution in [0.15, 0.2) is 41.3 Å². The molecule has 0 atom stereocenters. The van der Waals surface area contributed by atoms with E-state index in [0.717, 1.165) is 16.7 Å². The molecule has 2 aromatic carbocycles. The summed E-state index contributed by atoms with van der Waals surface area (Å²) in [5.74, 6) is -0.274. The van der Waals surface area contributed by atoms with Gasteiger partial charge < -0.3 is 5.32 Å². The SMILES string of the molecule is Cc1[c]c(C)cc(CNC(=O)c2ccc(S(N)(=O)=O)cc2)c1. The minimum atomic E-state index is -3.75. The number of primary sulfonamides is 1. The standard InChI is InChI=1S/C16H17N2O3S/c1-11-7-12(2)9-13(8-11)10-18-16(19)14-3-5-15(6-4-14)22(17,20)21/h3-6,8-9H,10H2,1-2H3,(H,18,19)(H2,17,20,21). The van der Waals surface area contributed by atoms with E-state index in [-0.39, 0.29) is 10.8 Å². The average Bonchev–Trinajstić information content (AvgIpc) is 2.43. The summed E-state index contributed by atoms with van der Waals surface area (Å²) < 4.78 is 22.3. The molecular formula is C16H17N2O3S. The lowest BCUT2D eigenvalue weighted by molar-refractivity contribution is 0.0951. The van der Waals surface area contributed by atoms with Crippen molar-refractivity contribution in [2.45, 2.75) is 25.3 Å². The lowest BCUT2D eigenvalue weighted by atomic mass is 10.1. The van der Waals surface area contributed by atoms with Crippen molar-refractivity contribution in [1.82, 2.24) is 5.32 Å². The van der Waals surface area contributed by atoms with Crippen LogP contribution >= 0.6 is 0 Å². The molecule has 0 aliphatic rings. The first-order valence-corrected chi connectivity index (χ1v) is 8.21. The highest BCUT2D eigenvalue weighted by Crippen LogP contribution is 2.10. The first-order chi connectivity index (χ1) is 10.3. The van der Waals surface area contributed by atoms with Crippen molar-refractivity contribution in [2.75, 3.05) is 0 Å². The molecule has 2 aromatic rings. The van der Waals surface area contributed by atoms with Crippen LogP contribution in [0.2, 0.25) is 0 Å². The minimum absolute atomic E-state index is 0.0195. The van der Waals surface area contributed by atoms with Gasteiger partial charge in [0.15, 0.2) is 0 Å². The quantitative estimate of drug-likeness (QED) is 0.899. The van der Waals surface area contributed by atoms with Gasteiger partial charge >= 0.3 is 0 Å². The van der Waals surface area contributed by atoms with Crippen LogP contribution in [0.4, 0.5) is 0 Å². The number of hydrogen-bond donors (Lipinski definition) is 2. The largest absolute Gasteiger partial charge is 0.348 e. The molecule has 0 unspecified atom stereocenters. The molecule has 0 fully saturated rings. The number of rotatable bonds is 4. The van der Waals surface area contributed by atoms with E-state index in [1.807, 2.05) is 26.0 Å². The molecule has 0 aliphatic carbocycles. The van der Waals surface area contributed by atoms with Gasteiger partial charge in [0.05, 0.1) is 4.90 Å². The van der Waals surface area contributed by atoms with E-state index in [2.05, 4.69) is 11.4 Å². The molecule has 115 valence electrons. The van der Waals surface area contributed by atoms with Crippen molar-refractivity contribution < 1.29 is 13.2 Å². The highest BCUT2D eigenvalue weighted by atomic mass is 32.2. The van der Waals surface area contributed by atoms with Crippen LogP contribution in [0.1, 0.15) is 27.0 Å². The molecule has 0 spiro atoms. The number of benzene rings is 2. The van der Waals surface area contributed by atoms with Crippen molar-refractivity contribution in [2.24, 2.45) is 5.14 Å². The molecule has 0 saturated heterocycles. The number of nitrogens with two attached hydrogens (primary N) is 1. The number of hydrogen-bond acceptors (Lipinski definition) is 3. The van der Waals surface area contributed by atoms with Crippen molar-refractivity contribution in [1.29, 1.82) is 0 Å². The molecule has 22 heavy (non-hydrogen) atoms. The predicted molar refractivity (Wildman–Crippen MR) is 83.7 cm³/mol. The Morgan fingerprint density at radius 3 is 2.18 bits per heavy atom. The molecule has 1 amide bonds. The molecule has 0 aromatic heterocycles. The van der Waals surface area contributed by atoms with E-state index in [4.69, 9.17) is 5.14 Å². The van der Waals surface area contributed by atoms with Crippen molar-refractivity contribution in [3.63, 3.8) is 0 Å². The van der Waals surface area contributed by atoms with Gasteiger partial charge in [-0.3, -0.25) is 4.79 Å². The molecule has 6 heteroatoms. The lowest BCUT2D eigenvalue weighted by Gasteiger charge is -2.08. The van der Waals surface area contributed by atoms with Crippen LogP contribution in [0.25, 0.3) is 0 Å². The maximum Gasteiger partial charge on any atom is 0.251 e. The summed E-state index contributed by atoms with van der Waals surface area (Å²) in [7, 11) is -3.75. The van der Waals surface area contributed by atoms with E-state index in [9.17, 15) is 13.2 Å². The number of aryl methyl sites for hydroxylation is 2. The van der Waals surface area contributed by atoms with E-state index >= 15 is 0 Å². The van der Waals surface area contributed by atoms with Gasteiger partial charge in [0.25, 0.3) is 5.91 Å². The summed E-state index contributed by atoms with van der Waals surface area (Å²) in [4.78, 5) is 12.0. The van der Waals surface area contributed by atoms with Crippen LogP contribution in [0.5, 0.6) is 0 Å². The monoisotopic (exact) mass is 317 g/mol. The fraction of sp³-hybridized carbons (Fsp3) is 0.188. The summed E-state index contributed by atoms with van der Waals surface area (Å²) in [6.07, 6.45) is 0. The highest BCUT2D eigenvalue weighted by molar-refractivity contribution is 7.89. The molecule has 0 bridgehead atoms. The molecule has 1 radical (unpaired) electrons. The Bertz CT molecular complexity index is 776. The van der Waals surface area contributed by atoms with E-state index in [1.165, 1.54) is 24.3 Å².